The van der Waals surface area contributed by atoms with Gasteiger partial charge in [-0.05, 0) is 25.2 Å². The predicted molar refractivity (Wildman–Crippen MR) is 72.6 cm³/mol. The molecule has 1 fully saturated rings. The normalized spacial score (nSPS) is 14.9. The van der Waals surface area contributed by atoms with Gasteiger partial charge in [-0.15, -0.1) is 0 Å². The summed E-state index contributed by atoms with van der Waals surface area (Å²) in [7, 11) is 0. The Morgan fingerprint density at radius 1 is 1.00 bits per heavy atom. The summed E-state index contributed by atoms with van der Waals surface area (Å²) >= 11 is 0. The van der Waals surface area contributed by atoms with Crippen molar-refractivity contribution in [3.05, 3.63) is 0 Å². The van der Waals surface area contributed by atoms with Crippen molar-refractivity contribution in [2.75, 3.05) is 13.1 Å². The first-order valence-corrected chi connectivity index (χ1v) is 7.49. The van der Waals surface area contributed by atoms with Crippen LogP contribution in [-0.2, 0) is 4.79 Å². The summed E-state index contributed by atoms with van der Waals surface area (Å²) in [6, 6.07) is 0. The second-order valence-corrected chi connectivity index (χ2v) is 5.46. The van der Waals surface area contributed by atoms with Crippen LogP contribution in [0, 0.1) is 5.92 Å². The van der Waals surface area contributed by atoms with Crippen LogP contribution in [0.3, 0.4) is 0 Å². The SMILES string of the molecule is CCCCCCCCCCN([C]=O)CC1CC1. The number of carbonyl (C=O) groups excluding carboxylic acids is 1. The van der Waals surface area contributed by atoms with Crippen LogP contribution in [0.25, 0.3) is 0 Å². The molecule has 1 radical (unpaired) electrons. The van der Waals surface area contributed by atoms with E-state index in [2.05, 4.69) is 13.3 Å². The Hall–Kier alpha value is -0.530. The molecule has 1 amide bonds. The minimum absolute atomic E-state index is 0.797. The Balaban J connectivity index is 1.83. The van der Waals surface area contributed by atoms with E-state index >= 15 is 0 Å². The fraction of sp³-hybridized carbons (Fsp3) is 0.933. The highest BCUT2D eigenvalue weighted by Gasteiger charge is 2.23. The molecular weight excluding hydrogens is 210 g/mol. The zero-order valence-electron chi connectivity index (χ0n) is 11.4. The van der Waals surface area contributed by atoms with Crippen LogP contribution in [-0.4, -0.2) is 24.4 Å². The number of amides is 1. The van der Waals surface area contributed by atoms with Crippen LogP contribution in [0.15, 0.2) is 0 Å². The van der Waals surface area contributed by atoms with Crippen LogP contribution in [0.1, 0.15) is 71.1 Å². The van der Waals surface area contributed by atoms with E-state index in [0.29, 0.717) is 0 Å². The van der Waals surface area contributed by atoms with Crippen molar-refractivity contribution in [1.82, 2.24) is 4.90 Å². The van der Waals surface area contributed by atoms with Gasteiger partial charge in [0.1, 0.15) is 0 Å². The lowest BCUT2D eigenvalue weighted by atomic mass is 10.1. The van der Waals surface area contributed by atoms with Crippen LogP contribution >= 0.6 is 0 Å². The van der Waals surface area contributed by atoms with E-state index in [1.54, 1.807) is 0 Å². The third kappa shape index (κ3) is 8.23. The van der Waals surface area contributed by atoms with Gasteiger partial charge in [0.15, 0.2) is 0 Å². The van der Waals surface area contributed by atoms with Crippen molar-refractivity contribution in [1.29, 1.82) is 0 Å². The molecule has 0 aromatic heterocycles. The first kappa shape index (κ1) is 14.5. The third-order valence-electron chi connectivity index (χ3n) is 3.59. The molecular formula is C15H28NO. The average Bonchev–Trinajstić information content (AvgIpc) is 3.15. The van der Waals surface area contributed by atoms with Gasteiger partial charge in [0.2, 0.25) is 0 Å². The fourth-order valence-corrected chi connectivity index (χ4v) is 2.22. The summed E-state index contributed by atoms with van der Waals surface area (Å²) in [4.78, 5) is 12.6. The third-order valence-corrected chi connectivity index (χ3v) is 3.59. The zero-order chi connectivity index (χ0) is 12.3. The minimum Gasteiger partial charge on any atom is -0.334 e. The molecule has 17 heavy (non-hydrogen) atoms. The highest BCUT2D eigenvalue weighted by atomic mass is 16.1. The number of hydrogen-bond acceptors (Lipinski definition) is 1. The van der Waals surface area contributed by atoms with Crippen LogP contribution < -0.4 is 0 Å². The largest absolute Gasteiger partial charge is 0.334 e. The molecule has 0 unspecified atom stereocenters. The van der Waals surface area contributed by atoms with E-state index in [4.69, 9.17) is 0 Å². The second-order valence-electron chi connectivity index (χ2n) is 5.46. The summed E-state index contributed by atoms with van der Waals surface area (Å²) in [5.74, 6) is 0.797. The molecule has 1 saturated carbocycles. The number of rotatable bonds is 12. The molecule has 0 atom stereocenters. The Kier molecular flexibility index (Phi) is 8.12. The highest BCUT2D eigenvalue weighted by Crippen LogP contribution is 2.29. The molecule has 0 N–H and O–H groups in total. The van der Waals surface area contributed by atoms with E-state index in [1.165, 1.54) is 57.8 Å². The Bertz CT molecular complexity index is 189. The highest BCUT2D eigenvalue weighted by molar-refractivity contribution is 5.48. The molecule has 1 rings (SSSR count). The molecule has 0 heterocycles. The lowest BCUT2D eigenvalue weighted by molar-refractivity contribution is 0.355. The maximum Gasteiger partial charge on any atom is 0.312 e. The molecule has 0 saturated heterocycles. The monoisotopic (exact) mass is 238 g/mol. The van der Waals surface area contributed by atoms with Gasteiger partial charge in [0.05, 0.1) is 0 Å². The minimum atomic E-state index is 0.797. The molecule has 2 heteroatoms. The number of nitrogens with zero attached hydrogens (tertiary/aromatic N) is 1. The molecule has 0 aromatic rings. The molecule has 0 aromatic carbocycles. The lowest BCUT2D eigenvalue weighted by Gasteiger charge is -2.15. The molecule has 99 valence electrons. The molecule has 1 aliphatic carbocycles. The van der Waals surface area contributed by atoms with E-state index in [1.807, 2.05) is 4.90 Å². The zero-order valence-corrected chi connectivity index (χ0v) is 11.4. The van der Waals surface area contributed by atoms with Crippen molar-refractivity contribution < 1.29 is 4.79 Å². The number of unbranched alkanes of at least 4 members (excludes halogenated alkanes) is 7. The fourth-order valence-electron chi connectivity index (χ4n) is 2.22. The maximum atomic E-state index is 10.7. The van der Waals surface area contributed by atoms with Gasteiger partial charge in [0, 0.05) is 13.1 Å². The van der Waals surface area contributed by atoms with Crippen LogP contribution in [0.4, 0.5) is 0 Å². The lowest BCUT2D eigenvalue weighted by Crippen LogP contribution is -2.25. The smallest absolute Gasteiger partial charge is 0.312 e. The second kappa shape index (κ2) is 9.49. The summed E-state index contributed by atoms with van der Waals surface area (Å²) in [6.07, 6.45) is 15.3. The maximum absolute atomic E-state index is 10.7. The van der Waals surface area contributed by atoms with Gasteiger partial charge in [-0.2, -0.15) is 0 Å². The first-order valence-electron chi connectivity index (χ1n) is 7.49. The van der Waals surface area contributed by atoms with Crippen molar-refractivity contribution in [2.45, 2.75) is 71.1 Å². The summed E-state index contributed by atoms with van der Waals surface area (Å²) in [5.41, 5.74) is 0. The Morgan fingerprint density at radius 3 is 2.12 bits per heavy atom. The van der Waals surface area contributed by atoms with E-state index in [9.17, 15) is 4.79 Å². The standard InChI is InChI=1S/C15H28NO/c1-2-3-4-5-6-7-8-9-12-16(14-17)13-15-10-11-15/h15H,2-13H2,1H3. The van der Waals surface area contributed by atoms with Crippen molar-refractivity contribution in [3.8, 4) is 0 Å². The van der Waals surface area contributed by atoms with Crippen LogP contribution in [0.2, 0.25) is 0 Å². The summed E-state index contributed by atoms with van der Waals surface area (Å²) in [6.45, 7) is 4.14. The Morgan fingerprint density at radius 2 is 1.59 bits per heavy atom. The first-order chi connectivity index (χ1) is 8.36. The molecule has 1 aliphatic rings. The van der Waals surface area contributed by atoms with Gasteiger partial charge in [-0.25, -0.2) is 0 Å². The van der Waals surface area contributed by atoms with Gasteiger partial charge in [0.25, 0.3) is 0 Å². The summed E-state index contributed by atoms with van der Waals surface area (Å²) < 4.78 is 0. The van der Waals surface area contributed by atoms with Crippen LogP contribution in [0.5, 0.6) is 0 Å². The quantitative estimate of drug-likeness (QED) is 0.373. The van der Waals surface area contributed by atoms with Crippen molar-refractivity contribution in [3.63, 3.8) is 0 Å². The molecule has 2 nitrogen and oxygen atoms in total. The average molecular weight is 238 g/mol. The number of hydrogen-bond donors (Lipinski definition) is 0. The van der Waals surface area contributed by atoms with Gasteiger partial charge in [-0.1, -0.05) is 51.9 Å². The topological polar surface area (TPSA) is 20.3 Å². The molecule has 0 aliphatic heterocycles. The predicted octanol–water partition coefficient (Wildman–Crippen LogP) is 3.91. The molecule has 0 spiro atoms. The van der Waals surface area contributed by atoms with E-state index in [0.717, 1.165) is 25.4 Å². The van der Waals surface area contributed by atoms with Crippen molar-refractivity contribution in [2.24, 2.45) is 5.92 Å². The van der Waals surface area contributed by atoms with E-state index in [-0.39, 0.29) is 0 Å². The van der Waals surface area contributed by atoms with E-state index < -0.39 is 0 Å². The van der Waals surface area contributed by atoms with Gasteiger partial charge in [-0.3, -0.25) is 4.79 Å². The Labute approximate surface area is 107 Å². The van der Waals surface area contributed by atoms with Crippen molar-refractivity contribution >= 4 is 6.41 Å². The van der Waals surface area contributed by atoms with Gasteiger partial charge < -0.3 is 4.90 Å². The summed E-state index contributed by atoms with van der Waals surface area (Å²) in [5, 5.41) is 0. The molecule has 0 bridgehead atoms. The van der Waals surface area contributed by atoms with Gasteiger partial charge >= 0.3 is 6.41 Å².